The molecule has 0 spiro atoms. The number of fused-ring (bicyclic) bond motifs is 4. The van der Waals surface area contributed by atoms with Gasteiger partial charge in [0.05, 0.1) is 0 Å². The maximum atomic E-state index is 5.61. The summed E-state index contributed by atoms with van der Waals surface area (Å²) in [6, 6.07) is 14.3. The minimum Gasteiger partial charge on any atom is -0.120 e. The van der Waals surface area contributed by atoms with Crippen molar-refractivity contribution in [3.05, 3.63) is 87.5 Å². The number of aryl methyl sites for hydroxylation is 1. The molecule has 3 fully saturated rings. The summed E-state index contributed by atoms with van der Waals surface area (Å²) >= 11 is 0. The van der Waals surface area contributed by atoms with Gasteiger partial charge >= 0.3 is 0 Å². The number of benzene rings is 2. The van der Waals surface area contributed by atoms with Crippen LogP contribution in [-0.2, 0) is 12.8 Å². The van der Waals surface area contributed by atoms with E-state index in [1.807, 2.05) is 0 Å². The van der Waals surface area contributed by atoms with Crippen molar-refractivity contribution in [1.29, 1.82) is 0 Å². The number of hydrogen-bond acceptors (Lipinski definition) is 0. The van der Waals surface area contributed by atoms with E-state index in [1.165, 1.54) is 79.2 Å². The predicted octanol–water partition coefficient (Wildman–Crippen LogP) is 10.7. The highest BCUT2D eigenvalue weighted by atomic mass is 14.6. The summed E-state index contributed by atoms with van der Waals surface area (Å²) < 4.78 is 0. The van der Waals surface area contributed by atoms with Gasteiger partial charge in [0.15, 0.2) is 0 Å². The molecule has 7 rings (SSSR count). The lowest BCUT2D eigenvalue weighted by Gasteiger charge is -2.32. The molecular formula is C41H48. The molecule has 41 heavy (non-hydrogen) atoms. The molecule has 0 nitrogen and oxygen atoms in total. The van der Waals surface area contributed by atoms with Gasteiger partial charge in [-0.2, -0.15) is 0 Å². The van der Waals surface area contributed by atoms with Crippen LogP contribution in [0.1, 0.15) is 118 Å². The van der Waals surface area contributed by atoms with Gasteiger partial charge < -0.3 is 0 Å². The van der Waals surface area contributed by atoms with Gasteiger partial charge in [0.2, 0.25) is 0 Å². The summed E-state index contributed by atoms with van der Waals surface area (Å²) in [4.78, 5) is 0. The molecule has 2 bridgehead atoms. The van der Waals surface area contributed by atoms with Crippen molar-refractivity contribution >= 4 is 17.2 Å². The summed E-state index contributed by atoms with van der Waals surface area (Å²) in [5.41, 5.74) is 15.3. The maximum absolute atomic E-state index is 5.61. The lowest BCUT2D eigenvalue weighted by Crippen LogP contribution is -2.23. The van der Waals surface area contributed by atoms with Crippen LogP contribution in [0, 0.1) is 47.9 Å². The van der Waals surface area contributed by atoms with Crippen LogP contribution in [-0.4, -0.2) is 0 Å². The minimum atomic E-state index is 0.573. The van der Waals surface area contributed by atoms with Crippen molar-refractivity contribution in [3.8, 4) is 12.3 Å². The Bertz CT molecular complexity index is 1470. The average molecular weight is 541 g/mol. The molecule has 2 aromatic rings. The van der Waals surface area contributed by atoms with Crippen molar-refractivity contribution in [2.45, 2.75) is 97.3 Å². The Balaban J connectivity index is 1.18. The fourth-order valence-electron chi connectivity index (χ4n) is 10.0. The smallest absolute Gasteiger partial charge is 0.0101 e. The van der Waals surface area contributed by atoms with Crippen molar-refractivity contribution < 1.29 is 0 Å². The van der Waals surface area contributed by atoms with Gasteiger partial charge in [-0.05, 0) is 143 Å². The molecule has 0 heteroatoms. The molecule has 0 N–H and O–H groups in total. The van der Waals surface area contributed by atoms with E-state index in [4.69, 9.17) is 13.0 Å². The molecule has 5 aliphatic rings. The molecule has 6 atom stereocenters. The normalized spacial score (nSPS) is 29.5. The Hall–Kier alpha value is -2.78. The second-order valence-corrected chi connectivity index (χ2v) is 14.1. The molecule has 0 aromatic heterocycles. The van der Waals surface area contributed by atoms with E-state index in [1.54, 1.807) is 27.8 Å². The fourth-order valence-corrected chi connectivity index (χ4v) is 10.0. The Morgan fingerprint density at radius 2 is 1.93 bits per heavy atom. The van der Waals surface area contributed by atoms with Crippen molar-refractivity contribution in [2.24, 2.45) is 35.5 Å². The van der Waals surface area contributed by atoms with E-state index in [-0.39, 0.29) is 0 Å². The lowest BCUT2D eigenvalue weighted by atomic mass is 9.72. The zero-order chi connectivity index (χ0) is 28.2. The van der Waals surface area contributed by atoms with E-state index in [0.717, 1.165) is 48.9 Å². The van der Waals surface area contributed by atoms with Crippen LogP contribution >= 0.6 is 0 Å². The summed E-state index contributed by atoms with van der Waals surface area (Å²) in [6.07, 6.45) is 22.0. The highest BCUT2D eigenvalue weighted by Crippen LogP contribution is 2.61. The molecule has 212 valence electrons. The van der Waals surface area contributed by atoms with Gasteiger partial charge in [0.1, 0.15) is 0 Å². The summed E-state index contributed by atoms with van der Waals surface area (Å²) in [6.45, 7) is 12.0. The minimum absolute atomic E-state index is 0.573. The second-order valence-electron chi connectivity index (χ2n) is 14.1. The average Bonchev–Trinajstić information content (AvgIpc) is 3.34. The number of unbranched alkanes of at least 4 members (excludes halogenated alkanes) is 1. The molecule has 0 aliphatic heterocycles. The molecule has 5 aliphatic carbocycles. The first-order valence-corrected chi connectivity index (χ1v) is 16.8. The van der Waals surface area contributed by atoms with Gasteiger partial charge in [-0.3, -0.25) is 0 Å². The van der Waals surface area contributed by atoms with Gasteiger partial charge in [-0.15, -0.1) is 12.3 Å². The molecular weight excluding hydrogens is 492 g/mol. The third kappa shape index (κ3) is 4.60. The molecule has 0 amide bonds. The number of hydrogen-bond donors (Lipinski definition) is 0. The highest BCUT2D eigenvalue weighted by Gasteiger charge is 2.52. The molecule has 0 heterocycles. The van der Waals surface area contributed by atoms with Crippen LogP contribution in [0.25, 0.3) is 17.2 Å². The van der Waals surface area contributed by atoms with Crippen LogP contribution < -0.4 is 0 Å². The topological polar surface area (TPSA) is 0 Å². The summed E-state index contributed by atoms with van der Waals surface area (Å²) in [7, 11) is 0. The number of terminal acetylenes is 1. The number of allylic oxidation sites excluding steroid dienone is 4. The Kier molecular flexibility index (Phi) is 7.14. The van der Waals surface area contributed by atoms with Crippen LogP contribution in [0.15, 0.2) is 54.1 Å². The number of rotatable bonds is 10. The van der Waals surface area contributed by atoms with Gasteiger partial charge in [0, 0.05) is 12.3 Å². The molecule has 2 aromatic carbocycles. The highest BCUT2D eigenvalue weighted by molar-refractivity contribution is 5.86. The third-order valence-electron chi connectivity index (χ3n) is 12.0. The standard InChI is InChI=1S/C41H48/c1-6-9-10-14-30-20-32-23-37(41(30)34(32)8-3)25(4)31-19-28(7-2)40-26(5)36(24-33(40)21-31)39-22-29-13-11-12-15-35(29)38(39)18-27-16-17-27/h1,11-13,15,19,21-22,27,30,32,34,37-38,41H,4,7-10,14,16-18,20,23-24H2,2-3,5H3/t30?,32?,34-,37-,38?,41?/m1/s1. The predicted molar refractivity (Wildman–Crippen MR) is 175 cm³/mol. The van der Waals surface area contributed by atoms with Crippen molar-refractivity contribution in [3.63, 3.8) is 0 Å². The van der Waals surface area contributed by atoms with Crippen LogP contribution in [0.4, 0.5) is 0 Å². The monoisotopic (exact) mass is 540 g/mol. The van der Waals surface area contributed by atoms with E-state index < -0.39 is 0 Å². The molecule has 0 saturated heterocycles. The SMILES string of the molecule is C#CCCCC1CC2C[C@H](C(=C)c3cc(CC)c4c(c3)CC(C3=Cc5ccccc5C3CC3CC3)=C4C)C1[C@@H]2CC. The maximum Gasteiger partial charge on any atom is 0.0101 e. The first-order valence-electron chi connectivity index (χ1n) is 16.8. The van der Waals surface area contributed by atoms with Crippen LogP contribution in [0.2, 0.25) is 0 Å². The zero-order valence-electron chi connectivity index (χ0n) is 25.6. The first-order chi connectivity index (χ1) is 20.0. The fraction of sp³-hybridized carbons (Fsp3) is 0.512. The van der Waals surface area contributed by atoms with Crippen molar-refractivity contribution in [2.75, 3.05) is 0 Å². The quantitative estimate of drug-likeness (QED) is 0.208. The van der Waals surface area contributed by atoms with Crippen LogP contribution in [0.3, 0.4) is 0 Å². The Morgan fingerprint density at radius 1 is 1.10 bits per heavy atom. The van der Waals surface area contributed by atoms with E-state index >= 15 is 0 Å². The largest absolute Gasteiger partial charge is 0.120 e. The van der Waals surface area contributed by atoms with E-state index in [2.05, 4.69) is 69.2 Å². The second kappa shape index (κ2) is 10.8. The first kappa shape index (κ1) is 27.1. The van der Waals surface area contributed by atoms with E-state index in [9.17, 15) is 0 Å². The Labute approximate surface area is 249 Å². The molecule has 4 unspecified atom stereocenters. The van der Waals surface area contributed by atoms with Crippen molar-refractivity contribution in [1.82, 2.24) is 0 Å². The lowest BCUT2D eigenvalue weighted by molar-refractivity contribution is 0.249. The van der Waals surface area contributed by atoms with Crippen LogP contribution in [0.5, 0.6) is 0 Å². The zero-order valence-corrected chi connectivity index (χ0v) is 25.6. The molecule has 0 radical (unpaired) electrons. The molecule has 3 saturated carbocycles. The Morgan fingerprint density at radius 3 is 2.66 bits per heavy atom. The summed E-state index contributed by atoms with van der Waals surface area (Å²) in [5, 5.41) is 0. The summed E-state index contributed by atoms with van der Waals surface area (Å²) in [5.74, 6) is 8.41. The van der Waals surface area contributed by atoms with Gasteiger partial charge in [-0.1, -0.05) is 82.2 Å². The van der Waals surface area contributed by atoms with Gasteiger partial charge in [0.25, 0.3) is 0 Å². The third-order valence-corrected chi connectivity index (χ3v) is 12.0. The van der Waals surface area contributed by atoms with Gasteiger partial charge in [-0.25, -0.2) is 0 Å². The van der Waals surface area contributed by atoms with E-state index in [0.29, 0.717) is 11.8 Å².